The van der Waals surface area contributed by atoms with Crippen LogP contribution >= 0.6 is 11.8 Å². The second-order valence-electron chi connectivity index (χ2n) is 5.66. The Bertz CT molecular complexity index is 580. The maximum atomic E-state index is 13.1. The highest BCUT2D eigenvalue weighted by molar-refractivity contribution is 7.98. The number of rotatable bonds is 6. The molecule has 2 aromatic heterocycles. The zero-order valence-corrected chi connectivity index (χ0v) is 13.2. The van der Waals surface area contributed by atoms with E-state index >= 15 is 0 Å². The summed E-state index contributed by atoms with van der Waals surface area (Å²) in [7, 11) is 0. The molecule has 21 heavy (non-hydrogen) atoms. The van der Waals surface area contributed by atoms with Gasteiger partial charge in [0.2, 0.25) is 5.16 Å². The van der Waals surface area contributed by atoms with Gasteiger partial charge in [-0.3, -0.25) is 4.98 Å². The Kier molecular flexibility index (Phi) is 5.24. The Hall–Kier alpha value is -1.54. The SMILES string of the molecule is CC(C)(C)NCCn1nnnc1SCc1cncc(F)c1. The van der Waals surface area contributed by atoms with Gasteiger partial charge in [-0.15, -0.1) is 5.10 Å². The lowest BCUT2D eigenvalue weighted by Gasteiger charge is -2.20. The van der Waals surface area contributed by atoms with Crippen molar-refractivity contribution in [3.05, 3.63) is 29.8 Å². The van der Waals surface area contributed by atoms with Crippen LogP contribution in [0.1, 0.15) is 26.3 Å². The molecule has 0 radical (unpaired) electrons. The minimum Gasteiger partial charge on any atom is -0.310 e. The Balaban J connectivity index is 1.88. The largest absolute Gasteiger partial charge is 0.310 e. The molecule has 2 aromatic rings. The highest BCUT2D eigenvalue weighted by Gasteiger charge is 2.11. The number of hydrogen-bond acceptors (Lipinski definition) is 6. The Morgan fingerprint density at radius 1 is 1.33 bits per heavy atom. The second kappa shape index (κ2) is 6.95. The summed E-state index contributed by atoms with van der Waals surface area (Å²) in [5, 5.41) is 15.8. The van der Waals surface area contributed by atoms with E-state index in [4.69, 9.17) is 0 Å². The monoisotopic (exact) mass is 310 g/mol. The standard InChI is InChI=1S/C13H19FN6S/c1-13(2,3)16-4-5-20-12(17-18-19-20)21-9-10-6-11(14)8-15-7-10/h6-8,16H,4-5,9H2,1-3H3. The molecule has 8 heteroatoms. The van der Waals surface area contributed by atoms with E-state index < -0.39 is 0 Å². The molecule has 0 unspecified atom stereocenters. The van der Waals surface area contributed by atoms with Crippen molar-refractivity contribution in [3.63, 3.8) is 0 Å². The van der Waals surface area contributed by atoms with Crippen LogP contribution in [0.5, 0.6) is 0 Å². The minimum absolute atomic E-state index is 0.0640. The zero-order valence-electron chi connectivity index (χ0n) is 12.4. The number of nitrogens with zero attached hydrogens (tertiary/aromatic N) is 5. The van der Waals surface area contributed by atoms with E-state index in [1.165, 1.54) is 24.0 Å². The summed E-state index contributed by atoms with van der Waals surface area (Å²) in [6, 6.07) is 1.47. The number of aromatic nitrogens is 5. The number of thioether (sulfide) groups is 1. The summed E-state index contributed by atoms with van der Waals surface area (Å²) in [5.74, 6) is 0.250. The maximum Gasteiger partial charge on any atom is 0.209 e. The minimum atomic E-state index is -0.331. The molecule has 0 amide bonds. The number of halogens is 1. The average molecular weight is 310 g/mol. The number of hydrogen-bond donors (Lipinski definition) is 1. The van der Waals surface area contributed by atoms with Gasteiger partial charge in [0.1, 0.15) is 5.82 Å². The van der Waals surface area contributed by atoms with Crippen molar-refractivity contribution in [2.45, 2.75) is 43.8 Å². The summed E-state index contributed by atoms with van der Waals surface area (Å²) in [6.45, 7) is 7.80. The van der Waals surface area contributed by atoms with Gasteiger partial charge in [-0.2, -0.15) is 0 Å². The van der Waals surface area contributed by atoms with Crippen LogP contribution in [0, 0.1) is 5.82 Å². The molecule has 0 saturated carbocycles. The maximum absolute atomic E-state index is 13.1. The van der Waals surface area contributed by atoms with E-state index in [1.54, 1.807) is 10.9 Å². The van der Waals surface area contributed by atoms with Crippen molar-refractivity contribution in [3.8, 4) is 0 Å². The van der Waals surface area contributed by atoms with Crippen LogP contribution in [0.15, 0.2) is 23.6 Å². The van der Waals surface area contributed by atoms with E-state index in [-0.39, 0.29) is 11.4 Å². The predicted molar refractivity (Wildman–Crippen MR) is 79.3 cm³/mol. The van der Waals surface area contributed by atoms with E-state index in [1.807, 2.05) is 0 Å². The molecular formula is C13H19FN6S. The van der Waals surface area contributed by atoms with Crippen molar-refractivity contribution in [2.24, 2.45) is 0 Å². The number of pyridine rings is 1. The summed E-state index contributed by atoms with van der Waals surface area (Å²) in [6.07, 6.45) is 2.84. The lowest BCUT2D eigenvalue weighted by Crippen LogP contribution is -2.38. The van der Waals surface area contributed by atoms with Crippen LogP contribution < -0.4 is 5.32 Å². The average Bonchev–Trinajstić information content (AvgIpc) is 2.82. The van der Waals surface area contributed by atoms with Crippen molar-refractivity contribution in [1.29, 1.82) is 0 Å². The number of tetrazole rings is 1. The van der Waals surface area contributed by atoms with Crippen molar-refractivity contribution >= 4 is 11.8 Å². The Labute approximate surface area is 127 Å². The van der Waals surface area contributed by atoms with Crippen molar-refractivity contribution in [2.75, 3.05) is 6.54 Å². The van der Waals surface area contributed by atoms with Gasteiger partial charge in [0.15, 0.2) is 0 Å². The molecule has 0 fully saturated rings. The van der Waals surface area contributed by atoms with E-state index in [9.17, 15) is 4.39 Å². The molecule has 0 aliphatic heterocycles. The van der Waals surface area contributed by atoms with Crippen LogP contribution in [0.3, 0.4) is 0 Å². The van der Waals surface area contributed by atoms with E-state index in [0.29, 0.717) is 12.3 Å². The van der Waals surface area contributed by atoms with Crippen LogP contribution in [0.2, 0.25) is 0 Å². The van der Waals surface area contributed by atoms with Gasteiger partial charge >= 0.3 is 0 Å². The molecule has 114 valence electrons. The summed E-state index contributed by atoms with van der Waals surface area (Å²) >= 11 is 1.47. The van der Waals surface area contributed by atoms with Gasteiger partial charge in [0.05, 0.1) is 12.7 Å². The van der Waals surface area contributed by atoms with Gasteiger partial charge in [-0.05, 0) is 42.8 Å². The predicted octanol–water partition coefficient (Wildman–Crippen LogP) is 1.89. The first kappa shape index (κ1) is 15.8. The molecule has 0 saturated heterocycles. The summed E-state index contributed by atoms with van der Waals surface area (Å²) in [4.78, 5) is 3.83. The Morgan fingerprint density at radius 2 is 2.14 bits per heavy atom. The van der Waals surface area contributed by atoms with E-state index in [0.717, 1.165) is 17.3 Å². The highest BCUT2D eigenvalue weighted by atomic mass is 32.2. The van der Waals surface area contributed by atoms with Crippen LogP contribution in [0.4, 0.5) is 4.39 Å². The third-order valence-electron chi connectivity index (χ3n) is 2.61. The molecule has 2 heterocycles. The Morgan fingerprint density at radius 3 is 2.86 bits per heavy atom. The topological polar surface area (TPSA) is 68.5 Å². The van der Waals surface area contributed by atoms with E-state index in [2.05, 4.69) is 46.6 Å². The quantitative estimate of drug-likeness (QED) is 0.822. The summed E-state index contributed by atoms with van der Waals surface area (Å²) < 4.78 is 14.8. The molecule has 0 spiro atoms. The molecule has 0 atom stereocenters. The fraction of sp³-hybridized carbons (Fsp3) is 0.538. The molecule has 1 N–H and O–H groups in total. The van der Waals surface area contributed by atoms with Gasteiger partial charge in [0.25, 0.3) is 0 Å². The highest BCUT2D eigenvalue weighted by Crippen LogP contribution is 2.19. The lowest BCUT2D eigenvalue weighted by atomic mass is 10.1. The first-order chi connectivity index (χ1) is 9.94. The fourth-order valence-corrected chi connectivity index (χ4v) is 2.48. The molecular weight excluding hydrogens is 291 g/mol. The fourth-order valence-electron chi connectivity index (χ4n) is 1.66. The van der Waals surface area contributed by atoms with Crippen LogP contribution in [-0.4, -0.2) is 37.3 Å². The van der Waals surface area contributed by atoms with Gasteiger partial charge < -0.3 is 5.32 Å². The first-order valence-electron chi connectivity index (χ1n) is 6.67. The second-order valence-corrected chi connectivity index (χ2v) is 6.60. The van der Waals surface area contributed by atoms with Crippen molar-refractivity contribution in [1.82, 2.24) is 30.5 Å². The van der Waals surface area contributed by atoms with Crippen LogP contribution in [-0.2, 0) is 12.3 Å². The lowest BCUT2D eigenvalue weighted by molar-refractivity contribution is 0.396. The molecule has 0 aliphatic carbocycles. The molecule has 6 nitrogen and oxygen atoms in total. The summed E-state index contributed by atoms with van der Waals surface area (Å²) in [5.41, 5.74) is 0.872. The molecule has 0 bridgehead atoms. The molecule has 2 rings (SSSR count). The molecule has 0 aromatic carbocycles. The third-order valence-corrected chi connectivity index (χ3v) is 3.64. The first-order valence-corrected chi connectivity index (χ1v) is 7.66. The zero-order chi connectivity index (χ0) is 15.3. The number of nitrogens with one attached hydrogen (secondary N) is 1. The van der Waals surface area contributed by atoms with Gasteiger partial charge in [-0.25, -0.2) is 9.07 Å². The van der Waals surface area contributed by atoms with Crippen molar-refractivity contribution < 1.29 is 4.39 Å². The normalized spacial score (nSPS) is 11.8. The third kappa shape index (κ3) is 5.39. The van der Waals surface area contributed by atoms with Gasteiger partial charge in [0, 0.05) is 24.0 Å². The smallest absolute Gasteiger partial charge is 0.209 e. The van der Waals surface area contributed by atoms with Gasteiger partial charge in [-0.1, -0.05) is 11.8 Å². The van der Waals surface area contributed by atoms with Crippen LogP contribution in [0.25, 0.3) is 0 Å². The molecule has 0 aliphatic rings.